The molecule has 2 aromatic rings. The molecule has 0 aliphatic carbocycles. The van der Waals surface area contributed by atoms with Crippen LogP contribution in [0.25, 0.3) is 11.5 Å². The van der Waals surface area contributed by atoms with E-state index in [4.69, 9.17) is 13.9 Å². The normalized spacial score (nSPS) is 22.7. The van der Waals surface area contributed by atoms with Crippen LogP contribution in [-0.4, -0.2) is 42.3 Å². The molecule has 118 valence electrons. The van der Waals surface area contributed by atoms with Crippen molar-refractivity contribution in [1.29, 1.82) is 0 Å². The quantitative estimate of drug-likeness (QED) is 0.869. The number of ether oxygens (including phenoxy) is 2. The van der Waals surface area contributed by atoms with E-state index in [1.165, 1.54) is 0 Å². The Morgan fingerprint density at radius 2 is 1.86 bits per heavy atom. The summed E-state index contributed by atoms with van der Waals surface area (Å²) in [6, 6.07) is 7.72. The number of hydrogen-bond donors (Lipinski definition) is 0. The van der Waals surface area contributed by atoms with Crippen LogP contribution in [0.3, 0.4) is 0 Å². The van der Waals surface area contributed by atoms with Crippen molar-refractivity contribution in [3.05, 3.63) is 36.2 Å². The van der Waals surface area contributed by atoms with Crippen LogP contribution in [0.5, 0.6) is 5.75 Å². The van der Waals surface area contributed by atoms with E-state index in [9.17, 15) is 0 Å². The SMILES string of the molecule is COc1ccc(-c2nc(CN3CC(C)OC(C)C3)co2)cc1. The highest BCUT2D eigenvalue weighted by Gasteiger charge is 2.23. The largest absolute Gasteiger partial charge is 0.497 e. The molecular formula is C17H22N2O3. The summed E-state index contributed by atoms with van der Waals surface area (Å²) in [6.07, 6.45) is 2.26. The zero-order chi connectivity index (χ0) is 15.5. The molecule has 2 heterocycles. The highest BCUT2D eigenvalue weighted by Crippen LogP contribution is 2.22. The molecular weight excluding hydrogens is 280 g/mol. The van der Waals surface area contributed by atoms with E-state index in [1.54, 1.807) is 13.4 Å². The fourth-order valence-corrected chi connectivity index (χ4v) is 2.89. The Balaban J connectivity index is 1.68. The van der Waals surface area contributed by atoms with Gasteiger partial charge in [-0.3, -0.25) is 4.90 Å². The molecule has 0 amide bonds. The molecule has 0 saturated carbocycles. The van der Waals surface area contributed by atoms with Gasteiger partial charge in [0, 0.05) is 25.2 Å². The van der Waals surface area contributed by atoms with Crippen LogP contribution in [0.1, 0.15) is 19.5 Å². The molecule has 5 nitrogen and oxygen atoms in total. The average Bonchev–Trinajstić information content (AvgIpc) is 2.95. The summed E-state index contributed by atoms with van der Waals surface area (Å²) < 4.78 is 16.5. The van der Waals surface area contributed by atoms with Crippen LogP contribution in [-0.2, 0) is 11.3 Å². The number of nitrogens with zero attached hydrogens (tertiary/aromatic N) is 2. The van der Waals surface area contributed by atoms with E-state index in [0.717, 1.165) is 36.6 Å². The molecule has 1 aliphatic heterocycles. The van der Waals surface area contributed by atoms with E-state index in [2.05, 4.69) is 23.7 Å². The molecule has 0 N–H and O–H groups in total. The molecule has 0 spiro atoms. The Morgan fingerprint density at radius 3 is 2.50 bits per heavy atom. The third-order valence-electron chi connectivity index (χ3n) is 3.77. The number of oxazole rings is 1. The summed E-state index contributed by atoms with van der Waals surface area (Å²) in [5.41, 5.74) is 1.91. The number of benzene rings is 1. The second kappa shape index (κ2) is 6.50. The van der Waals surface area contributed by atoms with Crippen molar-refractivity contribution in [3.8, 4) is 17.2 Å². The molecule has 3 rings (SSSR count). The lowest BCUT2D eigenvalue weighted by molar-refractivity contribution is -0.0707. The summed E-state index contributed by atoms with van der Waals surface area (Å²) in [4.78, 5) is 6.95. The van der Waals surface area contributed by atoms with Crippen LogP contribution in [0, 0.1) is 0 Å². The van der Waals surface area contributed by atoms with Gasteiger partial charge in [-0.2, -0.15) is 0 Å². The van der Waals surface area contributed by atoms with E-state index in [-0.39, 0.29) is 12.2 Å². The summed E-state index contributed by atoms with van der Waals surface area (Å²) in [5.74, 6) is 1.47. The lowest BCUT2D eigenvalue weighted by Gasteiger charge is -2.34. The number of aromatic nitrogens is 1. The van der Waals surface area contributed by atoms with E-state index >= 15 is 0 Å². The van der Waals surface area contributed by atoms with Crippen molar-refractivity contribution >= 4 is 0 Å². The summed E-state index contributed by atoms with van der Waals surface area (Å²) in [6.45, 7) is 6.85. The maximum atomic E-state index is 5.75. The van der Waals surface area contributed by atoms with Crippen LogP contribution < -0.4 is 4.74 Å². The molecule has 1 fully saturated rings. The summed E-state index contributed by atoms with van der Waals surface area (Å²) >= 11 is 0. The number of morpholine rings is 1. The van der Waals surface area contributed by atoms with E-state index in [0.29, 0.717) is 5.89 Å². The van der Waals surface area contributed by atoms with Gasteiger partial charge in [-0.05, 0) is 38.1 Å². The predicted molar refractivity (Wildman–Crippen MR) is 83.8 cm³/mol. The molecule has 2 unspecified atom stereocenters. The fourth-order valence-electron chi connectivity index (χ4n) is 2.89. The third-order valence-corrected chi connectivity index (χ3v) is 3.77. The van der Waals surface area contributed by atoms with Crippen LogP contribution in [0.4, 0.5) is 0 Å². The average molecular weight is 302 g/mol. The molecule has 1 aromatic carbocycles. The van der Waals surface area contributed by atoms with Crippen molar-refractivity contribution in [1.82, 2.24) is 9.88 Å². The second-order valence-electron chi connectivity index (χ2n) is 5.82. The molecule has 0 bridgehead atoms. The predicted octanol–water partition coefficient (Wildman–Crippen LogP) is 2.96. The van der Waals surface area contributed by atoms with Gasteiger partial charge in [0.05, 0.1) is 25.0 Å². The smallest absolute Gasteiger partial charge is 0.226 e. The van der Waals surface area contributed by atoms with Crippen molar-refractivity contribution in [2.45, 2.75) is 32.6 Å². The first-order valence-corrected chi connectivity index (χ1v) is 7.60. The van der Waals surface area contributed by atoms with Gasteiger partial charge in [-0.15, -0.1) is 0 Å². The highest BCUT2D eigenvalue weighted by atomic mass is 16.5. The Bertz CT molecular complexity index is 599. The third kappa shape index (κ3) is 3.48. The molecule has 2 atom stereocenters. The monoisotopic (exact) mass is 302 g/mol. The minimum atomic E-state index is 0.261. The Hall–Kier alpha value is -1.85. The van der Waals surface area contributed by atoms with Crippen LogP contribution in [0.2, 0.25) is 0 Å². The van der Waals surface area contributed by atoms with Gasteiger partial charge in [0.15, 0.2) is 0 Å². The topological polar surface area (TPSA) is 47.7 Å². The molecule has 1 aliphatic rings. The molecule has 22 heavy (non-hydrogen) atoms. The zero-order valence-electron chi connectivity index (χ0n) is 13.3. The Morgan fingerprint density at radius 1 is 1.18 bits per heavy atom. The molecule has 5 heteroatoms. The Labute approximate surface area is 130 Å². The van der Waals surface area contributed by atoms with Gasteiger partial charge in [0.1, 0.15) is 12.0 Å². The van der Waals surface area contributed by atoms with Crippen LogP contribution in [0.15, 0.2) is 34.9 Å². The van der Waals surface area contributed by atoms with Gasteiger partial charge in [0.2, 0.25) is 5.89 Å². The number of hydrogen-bond acceptors (Lipinski definition) is 5. The van der Waals surface area contributed by atoms with Gasteiger partial charge in [-0.1, -0.05) is 0 Å². The van der Waals surface area contributed by atoms with Crippen molar-refractivity contribution in [2.75, 3.05) is 20.2 Å². The Kier molecular flexibility index (Phi) is 4.45. The van der Waals surface area contributed by atoms with E-state index in [1.807, 2.05) is 24.3 Å². The first kappa shape index (κ1) is 15.1. The van der Waals surface area contributed by atoms with Crippen molar-refractivity contribution in [3.63, 3.8) is 0 Å². The highest BCUT2D eigenvalue weighted by molar-refractivity contribution is 5.54. The lowest BCUT2D eigenvalue weighted by atomic mass is 10.2. The molecule has 1 aromatic heterocycles. The van der Waals surface area contributed by atoms with Gasteiger partial charge in [0.25, 0.3) is 0 Å². The van der Waals surface area contributed by atoms with Gasteiger partial charge in [-0.25, -0.2) is 4.98 Å². The van der Waals surface area contributed by atoms with Gasteiger partial charge < -0.3 is 13.9 Å². The number of methoxy groups -OCH3 is 1. The maximum Gasteiger partial charge on any atom is 0.226 e. The van der Waals surface area contributed by atoms with Gasteiger partial charge >= 0.3 is 0 Å². The number of rotatable bonds is 4. The standard InChI is InChI=1S/C17H22N2O3/c1-12-8-19(9-13(2)22-12)10-15-11-21-17(18-15)14-4-6-16(20-3)7-5-14/h4-7,11-13H,8-10H2,1-3H3. The molecule has 1 saturated heterocycles. The fraction of sp³-hybridized carbons (Fsp3) is 0.471. The van der Waals surface area contributed by atoms with Crippen molar-refractivity contribution in [2.24, 2.45) is 0 Å². The first-order chi connectivity index (χ1) is 10.6. The molecule has 0 radical (unpaired) electrons. The van der Waals surface area contributed by atoms with E-state index < -0.39 is 0 Å². The minimum Gasteiger partial charge on any atom is -0.497 e. The summed E-state index contributed by atoms with van der Waals surface area (Å²) in [7, 11) is 1.66. The first-order valence-electron chi connectivity index (χ1n) is 7.60. The van der Waals surface area contributed by atoms with Crippen molar-refractivity contribution < 1.29 is 13.9 Å². The minimum absolute atomic E-state index is 0.261. The maximum absolute atomic E-state index is 5.75. The lowest BCUT2D eigenvalue weighted by Crippen LogP contribution is -2.44. The summed E-state index contributed by atoms with van der Waals surface area (Å²) in [5, 5.41) is 0. The van der Waals surface area contributed by atoms with Crippen LogP contribution >= 0.6 is 0 Å². The second-order valence-corrected chi connectivity index (χ2v) is 5.82. The zero-order valence-corrected chi connectivity index (χ0v) is 13.3.